The zero-order valence-corrected chi connectivity index (χ0v) is 15.4. The van der Waals surface area contributed by atoms with Gasteiger partial charge in [-0.3, -0.25) is 4.79 Å². The van der Waals surface area contributed by atoms with E-state index in [1.807, 2.05) is 36.4 Å². The van der Waals surface area contributed by atoms with Crippen molar-refractivity contribution in [1.82, 2.24) is 9.97 Å². The molecule has 1 aliphatic carbocycles. The summed E-state index contributed by atoms with van der Waals surface area (Å²) in [7, 11) is 0. The first-order valence-electron chi connectivity index (χ1n) is 8.32. The number of nitrogens with one attached hydrogen (secondary N) is 1. The standard InChI is InChI=1S/C19H16ClN3O2S/c20-16-9-8-15(26-16)19-22-14-3-1-2-13(14)18(23-19)21-12-6-4-11(5-7-12)10-17(24)25/h4-9H,1-3,10H2,(H,24,25)(H,21,22,23). The van der Waals surface area contributed by atoms with Gasteiger partial charge in [0, 0.05) is 16.9 Å². The second kappa shape index (κ2) is 7.05. The molecule has 0 radical (unpaired) electrons. The summed E-state index contributed by atoms with van der Waals surface area (Å²) in [6.45, 7) is 0. The molecule has 26 heavy (non-hydrogen) atoms. The fourth-order valence-corrected chi connectivity index (χ4v) is 4.07. The number of benzene rings is 1. The zero-order valence-electron chi connectivity index (χ0n) is 13.8. The van der Waals surface area contributed by atoms with Crippen molar-refractivity contribution in [2.75, 3.05) is 5.32 Å². The number of anilines is 2. The van der Waals surface area contributed by atoms with E-state index in [9.17, 15) is 4.79 Å². The molecule has 0 fully saturated rings. The van der Waals surface area contributed by atoms with Crippen molar-refractivity contribution in [3.8, 4) is 10.7 Å². The van der Waals surface area contributed by atoms with Crippen molar-refractivity contribution in [2.45, 2.75) is 25.7 Å². The fourth-order valence-electron chi connectivity index (χ4n) is 3.10. The van der Waals surface area contributed by atoms with Gasteiger partial charge in [0.2, 0.25) is 0 Å². The first-order chi connectivity index (χ1) is 12.6. The van der Waals surface area contributed by atoms with Crippen LogP contribution in [0.1, 0.15) is 23.2 Å². The Morgan fingerprint density at radius 1 is 1.15 bits per heavy atom. The number of thiophene rings is 1. The molecular weight excluding hydrogens is 370 g/mol. The average Bonchev–Trinajstić information content (AvgIpc) is 3.25. The number of aromatic nitrogens is 2. The molecule has 1 aliphatic rings. The van der Waals surface area contributed by atoms with Gasteiger partial charge in [0.15, 0.2) is 5.82 Å². The van der Waals surface area contributed by atoms with E-state index >= 15 is 0 Å². The molecule has 0 unspecified atom stereocenters. The second-order valence-electron chi connectivity index (χ2n) is 6.17. The SMILES string of the molecule is O=C(O)Cc1ccc(Nc2nc(-c3ccc(Cl)s3)nc3c2CCC3)cc1. The third-order valence-electron chi connectivity index (χ3n) is 4.30. The van der Waals surface area contributed by atoms with Gasteiger partial charge in [0.1, 0.15) is 5.82 Å². The maximum atomic E-state index is 10.8. The number of carbonyl (C=O) groups is 1. The summed E-state index contributed by atoms with van der Waals surface area (Å²) >= 11 is 7.52. The number of hydrogen-bond donors (Lipinski definition) is 2. The topological polar surface area (TPSA) is 75.1 Å². The predicted molar refractivity (Wildman–Crippen MR) is 103 cm³/mol. The van der Waals surface area contributed by atoms with Crippen molar-refractivity contribution in [2.24, 2.45) is 0 Å². The van der Waals surface area contributed by atoms with Gasteiger partial charge >= 0.3 is 5.97 Å². The van der Waals surface area contributed by atoms with Crippen LogP contribution in [0.3, 0.4) is 0 Å². The lowest BCUT2D eigenvalue weighted by atomic mass is 10.1. The molecule has 132 valence electrons. The van der Waals surface area contributed by atoms with Crippen molar-refractivity contribution < 1.29 is 9.90 Å². The molecule has 0 spiro atoms. The minimum absolute atomic E-state index is 0.0203. The Bertz CT molecular complexity index is 969. The third kappa shape index (κ3) is 3.57. The van der Waals surface area contributed by atoms with E-state index in [0.29, 0.717) is 10.2 Å². The van der Waals surface area contributed by atoms with Gasteiger partial charge < -0.3 is 10.4 Å². The van der Waals surface area contributed by atoms with Crippen LogP contribution < -0.4 is 5.32 Å². The lowest BCUT2D eigenvalue weighted by Crippen LogP contribution is -2.04. The number of hydrogen-bond acceptors (Lipinski definition) is 5. The van der Waals surface area contributed by atoms with Gasteiger partial charge in [-0.1, -0.05) is 23.7 Å². The summed E-state index contributed by atoms with van der Waals surface area (Å²) in [5, 5.41) is 12.3. The molecule has 0 saturated heterocycles. The highest BCUT2D eigenvalue weighted by molar-refractivity contribution is 7.19. The van der Waals surface area contributed by atoms with E-state index in [2.05, 4.69) is 5.32 Å². The van der Waals surface area contributed by atoms with E-state index < -0.39 is 5.97 Å². The van der Waals surface area contributed by atoms with Gasteiger partial charge in [-0.2, -0.15) is 0 Å². The van der Waals surface area contributed by atoms with Gasteiger partial charge in [-0.05, 0) is 49.1 Å². The van der Waals surface area contributed by atoms with Crippen molar-refractivity contribution in [1.29, 1.82) is 0 Å². The highest BCUT2D eigenvalue weighted by atomic mass is 35.5. The summed E-state index contributed by atoms with van der Waals surface area (Å²) in [6.07, 6.45) is 3.01. The lowest BCUT2D eigenvalue weighted by Gasteiger charge is -2.12. The monoisotopic (exact) mass is 385 g/mol. The van der Waals surface area contributed by atoms with E-state index in [-0.39, 0.29) is 6.42 Å². The molecule has 4 rings (SSSR count). The lowest BCUT2D eigenvalue weighted by molar-refractivity contribution is -0.136. The van der Waals surface area contributed by atoms with Crippen molar-refractivity contribution >= 4 is 40.4 Å². The van der Waals surface area contributed by atoms with Crippen LogP contribution in [0.25, 0.3) is 10.7 Å². The van der Waals surface area contributed by atoms with Crippen molar-refractivity contribution in [3.63, 3.8) is 0 Å². The van der Waals surface area contributed by atoms with E-state index in [4.69, 9.17) is 26.7 Å². The molecule has 2 aromatic heterocycles. The number of carboxylic acid groups (broad SMARTS) is 1. The summed E-state index contributed by atoms with van der Waals surface area (Å²) in [6, 6.07) is 11.2. The number of nitrogens with zero attached hydrogens (tertiary/aromatic N) is 2. The highest BCUT2D eigenvalue weighted by Gasteiger charge is 2.20. The maximum Gasteiger partial charge on any atom is 0.307 e. The summed E-state index contributed by atoms with van der Waals surface area (Å²) in [4.78, 5) is 21.2. The Morgan fingerprint density at radius 3 is 2.65 bits per heavy atom. The van der Waals surface area contributed by atoms with Crippen LogP contribution in [0.15, 0.2) is 36.4 Å². The Kier molecular flexibility index (Phi) is 4.61. The van der Waals surface area contributed by atoms with Crippen LogP contribution in [0.4, 0.5) is 11.5 Å². The average molecular weight is 386 g/mol. The molecule has 2 N–H and O–H groups in total. The number of halogens is 1. The second-order valence-corrected chi connectivity index (χ2v) is 7.89. The fraction of sp³-hybridized carbons (Fsp3) is 0.211. The van der Waals surface area contributed by atoms with E-state index in [1.165, 1.54) is 11.3 Å². The molecule has 0 bridgehead atoms. The Hall–Kier alpha value is -2.44. The van der Waals surface area contributed by atoms with Gasteiger partial charge in [0.05, 0.1) is 15.6 Å². The largest absolute Gasteiger partial charge is 0.481 e. The van der Waals surface area contributed by atoms with E-state index in [1.54, 1.807) is 0 Å². The molecule has 2 heterocycles. The smallest absolute Gasteiger partial charge is 0.307 e. The molecule has 0 aliphatic heterocycles. The van der Waals surface area contributed by atoms with E-state index in [0.717, 1.165) is 52.5 Å². The van der Waals surface area contributed by atoms with Crippen LogP contribution >= 0.6 is 22.9 Å². The van der Waals surface area contributed by atoms with Crippen LogP contribution in [-0.4, -0.2) is 21.0 Å². The summed E-state index contributed by atoms with van der Waals surface area (Å²) in [5.41, 5.74) is 3.89. The molecule has 0 atom stereocenters. The molecular formula is C19H16ClN3O2S. The molecule has 7 heteroatoms. The van der Waals surface area contributed by atoms with Gasteiger partial charge in [-0.15, -0.1) is 11.3 Å². The Labute approximate surface area is 159 Å². The van der Waals surface area contributed by atoms with Crippen LogP contribution in [-0.2, 0) is 24.1 Å². The quantitative estimate of drug-likeness (QED) is 0.664. The van der Waals surface area contributed by atoms with Crippen LogP contribution in [0, 0.1) is 0 Å². The molecule has 0 saturated carbocycles. The first-order valence-corrected chi connectivity index (χ1v) is 9.51. The Morgan fingerprint density at radius 2 is 1.96 bits per heavy atom. The number of aliphatic carboxylic acids is 1. The zero-order chi connectivity index (χ0) is 18.1. The Balaban J connectivity index is 1.65. The number of fused-ring (bicyclic) bond motifs is 1. The highest BCUT2D eigenvalue weighted by Crippen LogP contribution is 2.34. The molecule has 3 aromatic rings. The number of carboxylic acids is 1. The molecule has 1 aromatic carbocycles. The number of aryl methyl sites for hydroxylation is 1. The van der Waals surface area contributed by atoms with Crippen molar-refractivity contribution in [3.05, 3.63) is 57.6 Å². The van der Waals surface area contributed by atoms with Gasteiger partial charge in [-0.25, -0.2) is 9.97 Å². The minimum Gasteiger partial charge on any atom is -0.481 e. The summed E-state index contributed by atoms with van der Waals surface area (Å²) < 4.78 is 0.715. The van der Waals surface area contributed by atoms with Crippen LogP contribution in [0.5, 0.6) is 0 Å². The number of rotatable bonds is 5. The third-order valence-corrected chi connectivity index (χ3v) is 5.53. The first kappa shape index (κ1) is 17.0. The summed E-state index contributed by atoms with van der Waals surface area (Å²) in [5.74, 6) is 0.670. The van der Waals surface area contributed by atoms with Gasteiger partial charge in [0.25, 0.3) is 0 Å². The van der Waals surface area contributed by atoms with Crippen LogP contribution in [0.2, 0.25) is 4.34 Å². The minimum atomic E-state index is -0.835. The normalized spacial score (nSPS) is 12.8. The predicted octanol–water partition coefficient (Wildman–Crippen LogP) is 4.72. The molecule has 0 amide bonds. The maximum absolute atomic E-state index is 10.8. The molecule has 5 nitrogen and oxygen atoms in total.